The molecule has 0 spiro atoms. The lowest BCUT2D eigenvalue weighted by molar-refractivity contribution is 0.0767. The van der Waals surface area contributed by atoms with Crippen LogP contribution in [0.4, 0.5) is 8.78 Å². The van der Waals surface area contributed by atoms with Gasteiger partial charge in [-0.1, -0.05) is 12.1 Å². The number of aromatic nitrogens is 1. The van der Waals surface area contributed by atoms with Gasteiger partial charge in [-0.05, 0) is 60.5 Å². The summed E-state index contributed by atoms with van der Waals surface area (Å²) in [7, 11) is 0. The van der Waals surface area contributed by atoms with E-state index >= 15 is 0 Å². The van der Waals surface area contributed by atoms with E-state index in [4.69, 9.17) is 4.74 Å². The maximum absolute atomic E-state index is 14.5. The van der Waals surface area contributed by atoms with Crippen molar-refractivity contribution >= 4 is 0 Å². The fraction of sp³-hybridized carbons (Fsp3) is 0.238. The molecule has 0 radical (unpaired) electrons. The smallest absolute Gasteiger partial charge is 0.147 e. The molecule has 4 rings (SSSR count). The van der Waals surface area contributed by atoms with Crippen LogP contribution in [-0.4, -0.2) is 24.3 Å². The Kier molecular flexibility index (Phi) is 4.57. The molecular formula is C21H20F2N2O. The Hall–Kier alpha value is -2.50. The molecule has 0 saturated carbocycles. The van der Waals surface area contributed by atoms with Crippen molar-refractivity contribution in [1.82, 2.24) is 9.88 Å². The molecule has 0 aliphatic carbocycles. The number of ether oxygens (including phenoxy) is 1. The van der Waals surface area contributed by atoms with Crippen LogP contribution in [-0.2, 0) is 4.74 Å². The fourth-order valence-electron chi connectivity index (χ4n) is 3.52. The third-order valence-corrected chi connectivity index (χ3v) is 4.82. The van der Waals surface area contributed by atoms with Crippen LogP contribution in [0.3, 0.4) is 0 Å². The van der Waals surface area contributed by atoms with E-state index in [1.807, 2.05) is 23.6 Å². The summed E-state index contributed by atoms with van der Waals surface area (Å²) < 4.78 is 35.4. The Morgan fingerprint density at radius 1 is 1.08 bits per heavy atom. The SMILES string of the molecule is Cc1c(C2COCCN2)cc(-c2ccc(F)cc2)n1-c1ccccc1F. The molecular weight excluding hydrogens is 334 g/mol. The normalized spacial score (nSPS) is 17.4. The second kappa shape index (κ2) is 7.02. The predicted molar refractivity (Wildman–Crippen MR) is 97.4 cm³/mol. The van der Waals surface area contributed by atoms with Gasteiger partial charge in [0.05, 0.1) is 30.6 Å². The Labute approximate surface area is 151 Å². The molecule has 0 bridgehead atoms. The van der Waals surface area contributed by atoms with Crippen LogP contribution in [0.2, 0.25) is 0 Å². The summed E-state index contributed by atoms with van der Waals surface area (Å²) in [6.07, 6.45) is 0. The highest BCUT2D eigenvalue weighted by Gasteiger charge is 2.24. The largest absolute Gasteiger partial charge is 0.378 e. The van der Waals surface area contributed by atoms with Crippen LogP contribution in [0.15, 0.2) is 54.6 Å². The molecule has 2 heterocycles. The molecule has 26 heavy (non-hydrogen) atoms. The van der Waals surface area contributed by atoms with Crippen LogP contribution in [0, 0.1) is 18.6 Å². The van der Waals surface area contributed by atoms with Crippen LogP contribution in [0.1, 0.15) is 17.3 Å². The van der Waals surface area contributed by atoms with Crippen molar-refractivity contribution in [3.63, 3.8) is 0 Å². The summed E-state index contributed by atoms with van der Waals surface area (Å²) in [5, 5.41) is 3.45. The maximum atomic E-state index is 14.5. The Morgan fingerprint density at radius 3 is 2.54 bits per heavy atom. The molecule has 0 amide bonds. The van der Waals surface area contributed by atoms with Crippen LogP contribution in [0.5, 0.6) is 0 Å². The second-order valence-electron chi connectivity index (χ2n) is 6.45. The fourth-order valence-corrected chi connectivity index (χ4v) is 3.52. The summed E-state index contributed by atoms with van der Waals surface area (Å²) in [6, 6.07) is 15.1. The van der Waals surface area contributed by atoms with Gasteiger partial charge in [-0.3, -0.25) is 0 Å². The standard InChI is InChI=1S/C21H20F2N2O/c1-14-17(19-13-26-11-10-24-19)12-21(15-6-8-16(22)9-7-15)25(14)20-5-3-2-4-18(20)23/h2-9,12,19,24H,10-11,13H2,1H3. The van der Waals surface area contributed by atoms with E-state index in [0.29, 0.717) is 18.9 Å². The monoisotopic (exact) mass is 354 g/mol. The van der Waals surface area contributed by atoms with Gasteiger partial charge in [-0.2, -0.15) is 0 Å². The minimum Gasteiger partial charge on any atom is -0.378 e. The van der Waals surface area contributed by atoms with Crippen LogP contribution >= 0.6 is 0 Å². The summed E-state index contributed by atoms with van der Waals surface area (Å²) in [6.45, 7) is 4.02. The first-order valence-electron chi connectivity index (χ1n) is 8.69. The van der Waals surface area contributed by atoms with E-state index < -0.39 is 0 Å². The number of hydrogen-bond donors (Lipinski definition) is 1. The van der Waals surface area contributed by atoms with E-state index in [1.165, 1.54) is 18.2 Å². The molecule has 1 saturated heterocycles. The van der Waals surface area contributed by atoms with Crippen molar-refractivity contribution in [3.05, 3.63) is 77.5 Å². The molecule has 3 aromatic rings. The number of morpholine rings is 1. The summed E-state index contributed by atoms with van der Waals surface area (Å²) >= 11 is 0. The highest BCUT2D eigenvalue weighted by molar-refractivity contribution is 5.66. The molecule has 1 fully saturated rings. The third kappa shape index (κ3) is 3.04. The minimum absolute atomic E-state index is 0.0518. The lowest BCUT2D eigenvalue weighted by Crippen LogP contribution is -2.34. The molecule has 134 valence electrons. The molecule has 1 atom stereocenters. The van der Waals surface area contributed by atoms with Crippen LogP contribution in [0.25, 0.3) is 16.9 Å². The van der Waals surface area contributed by atoms with Crippen molar-refractivity contribution in [2.24, 2.45) is 0 Å². The lowest BCUT2D eigenvalue weighted by Gasteiger charge is -2.24. The van der Waals surface area contributed by atoms with Gasteiger partial charge in [-0.25, -0.2) is 8.78 Å². The third-order valence-electron chi connectivity index (χ3n) is 4.82. The zero-order chi connectivity index (χ0) is 18.1. The zero-order valence-electron chi connectivity index (χ0n) is 14.5. The number of hydrogen-bond acceptors (Lipinski definition) is 2. The maximum Gasteiger partial charge on any atom is 0.147 e. The first-order valence-corrected chi connectivity index (χ1v) is 8.69. The second-order valence-corrected chi connectivity index (χ2v) is 6.45. The first-order chi connectivity index (χ1) is 12.6. The van der Waals surface area contributed by atoms with Crippen molar-refractivity contribution in [2.75, 3.05) is 19.8 Å². The van der Waals surface area contributed by atoms with Gasteiger partial charge in [0.2, 0.25) is 0 Å². The van der Waals surface area contributed by atoms with Crippen LogP contribution < -0.4 is 5.32 Å². The molecule has 1 aliphatic heterocycles. The van der Waals surface area contributed by atoms with Gasteiger partial charge in [0.25, 0.3) is 0 Å². The number of nitrogens with zero attached hydrogens (tertiary/aromatic N) is 1. The predicted octanol–water partition coefficient (Wildman–Crippen LogP) is 4.39. The summed E-state index contributed by atoms with van der Waals surface area (Å²) in [5.41, 5.74) is 4.15. The Balaban J connectivity index is 1.91. The topological polar surface area (TPSA) is 26.2 Å². The van der Waals surface area contributed by atoms with Gasteiger partial charge < -0.3 is 14.6 Å². The van der Waals surface area contributed by atoms with Gasteiger partial charge in [-0.15, -0.1) is 0 Å². The molecule has 3 nitrogen and oxygen atoms in total. The molecule has 1 aromatic heterocycles. The highest BCUT2D eigenvalue weighted by atomic mass is 19.1. The van der Waals surface area contributed by atoms with Crippen molar-refractivity contribution in [1.29, 1.82) is 0 Å². The van der Waals surface area contributed by atoms with E-state index in [9.17, 15) is 8.78 Å². The molecule has 1 aliphatic rings. The van der Waals surface area contributed by atoms with Gasteiger partial charge in [0, 0.05) is 12.2 Å². The number of halogens is 2. The minimum atomic E-state index is -0.297. The molecule has 1 N–H and O–H groups in total. The Bertz CT molecular complexity index is 912. The van der Waals surface area contributed by atoms with Gasteiger partial charge in [0.15, 0.2) is 0 Å². The van der Waals surface area contributed by atoms with E-state index in [2.05, 4.69) is 5.32 Å². The number of benzene rings is 2. The van der Waals surface area contributed by atoms with Crippen molar-refractivity contribution in [2.45, 2.75) is 13.0 Å². The average molecular weight is 354 g/mol. The van der Waals surface area contributed by atoms with Gasteiger partial charge >= 0.3 is 0 Å². The number of para-hydroxylation sites is 1. The summed E-state index contributed by atoms with van der Waals surface area (Å²) in [5.74, 6) is -0.592. The highest BCUT2D eigenvalue weighted by Crippen LogP contribution is 2.33. The van der Waals surface area contributed by atoms with E-state index in [0.717, 1.165) is 29.1 Å². The van der Waals surface area contributed by atoms with E-state index in [1.54, 1.807) is 24.3 Å². The first kappa shape index (κ1) is 16.9. The number of rotatable bonds is 3. The van der Waals surface area contributed by atoms with Gasteiger partial charge in [0.1, 0.15) is 11.6 Å². The summed E-state index contributed by atoms with van der Waals surface area (Å²) in [4.78, 5) is 0. The zero-order valence-corrected chi connectivity index (χ0v) is 14.5. The van der Waals surface area contributed by atoms with Crippen molar-refractivity contribution in [3.8, 4) is 16.9 Å². The van der Waals surface area contributed by atoms with E-state index in [-0.39, 0.29) is 17.7 Å². The quantitative estimate of drug-likeness (QED) is 0.755. The number of nitrogens with one attached hydrogen (secondary N) is 1. The molecule has 2 aromatic carbocycles. The van der Waals surface area contributed by atoms with Crippen molar-refractivity contribution < 1.29 is 13.5 Å². The average Bonchev–Trinajstić information content (AvgIpc) is 3.01. The molecule has 5 heteroatoms. The Morgan fingerprint density at radius 2 is 1.85 bits per heavy atom. The molecule has 1 unspecified atom stereocenters. The lowest BCUT2D eigenvalue weighted by atomic mass is 10.1.